The number of carbonyl (C=O) groups is 2. The molecule has 1 aliphatic rings. The van der Waals surface area contributed by atoms with Crippen molar-refractivity contribution in [3.63, 3.8) is 0 Å². The minimum atomic E-state index is -0.816. The summed E-state index contributed by atoms with van der Waals surface area (Å²) in [6, 6.07) is 0. The van der Waals surface area contributed by atoms with E-state index < -0.39 is 5.97 Å². The second kappa shape index (κ2) is 6.81. The average Bonchev–Trinajstić information content (AvgIpc) is 2.77. The maximum absolute atomic E-state index is 12.1. The van der Waals surface area contributed by atoms with Gasteiger partial charge < -0.3 is 14.7 Å². The van der Waals surface area contributed by atoms with Crippen molar-refractivity contribution in [2.45, 2.75) is 26.2 Å². The molecule has 110 valence electrons. The van der Waals surface area contributed by atoms with Gasteiger partial charge in [-0.15, -0.1) is 11.3 Å². The molecule has 0 saturated carbocycles. The first kappa shape index (κ1) is 14.9. The monoisotopic (exact) mass is 298 g/mol. The topological polar surface area (TPSA) is 79.7 Å². The van der Waals surface area contributed by atoms with Gasteiger partial charge in [-0.05, 0) is 13.3 Å². The van der Waals surface area contributed by atoms with Gasteiger partial charge in [-0.3, -0.25) is 9.59 Å². The van der Waals surface area contributed by atoms with E-state index in [4.69, 9.17) is 9.84 Å². The predicted molar refractivity (Wildman–Crippen MR) is 73.9 cm³/mol. The molecule has 1 amide bonds. The summed E-state index contributed by atoms with van der Waals surface area (Å²) in [5, 5.41) is 9.46. The van der Waals surface area contributed by atoms with E-state index in [1.165, 1.54) is 11.3 Å². The number of amides is 1. The zero-order valence-electron chi connectivity index (χ0n) is 11.4. The lowest BCUT2D eigenvalue weighted by molar-refractivity contribution is -0.137. The Morgan fingerprint density at radius 1 is 1.40 bits per heavy atom. The summed E-state index contributed by atoms with van der Waals surface area (Å²) in [5.74, 6) is -0.754. The van der Waals surface area contributed by atoms with Crippen molar-refractivity contribution in [1.82, 2.24) is 9.88 Å². The molecule has 0 atom stereocenters. The average molecular weight is 298 g/mol. The second-order valence-corrected chi connectivity index (χ2v) is 5.85. The highest BCUT2D eigenvalue weighted by molar-refractivity contribution is 7.11. The maximum atomic E-state index is 12.1. The van der Waals surface area contributed by atoms with E-state index in [1.807, 2.05) is 6.92 Å². The van der Waals surface area contributed by atoms with Gasteiger partial charge in [-0.2, -0.15) is 0 Å². The number of carbonyl (C=O) groups excluding carboxylic acids is 1. The molecule has 1 aliphatic heterocycles. The van der Waals surface area contributed by atoms with Crippen LogP contribution in [0.25, 0.3) is 0 Å². The summed E-state index contributed by atoms with van der Waals surface area (Å²) < 4.78 is 5.22. The number of hydrogen-bond acceptors (Lipinski definition) is 5. The quantitative estimate of drug-likeness (QED) is 0.872. The van der Waals surface area contributed by atoms with E-state index in [1.54, 1.807) is 4.90 Å². The fourth-order valence-electron chi connectivity index (χ4n) is 2.07. The molecule has 0 radical (unpaired) electrons. The SMILES string of the molecule is Cc1nc(CC(=O)N2CCOCC2)sc1CCC(=O)O. The summed E-state index contributed by atoms with van der Waals surface area (Å²) in [6.45, 7) is 4.31. The van der Waals surface area contributed by atoms with Gasteiger partial charge in [0.1, 0.15) is 5.01 Å². The molecule has 6 nitrogen and oxygen atoms in total. The molecule has 1 N–H and O–H groups in total. The van der Waals surface area contributed by atoms with Gasteiger partial charge in [0.05, 0.1) is 31.7 Å². The molecule has 0 aliphatic carbocycles. The maximum Gasteiger partial charge on any atom is 0.303 e. The van der Waals surface area contributed by atoms with Crippen molar-refractivity contribution in [2.75, 3.05) is 26.3 Å². The van der Waals surface area contributed by atoms with E-state index in [2.05, 4.69) is 4.98 Å². The molecule has 1 saturated heterocycles. The molecule has 0 spiro atoms. The lowest BCUT2D eigenvalue weighted by Crippen LogP contribution is -2.41. The third-order valence-electron chi connectivity index (χ3n) is 3.17. The Morgan fingerprint density at radius 2 is 2.10 bits per heavy atom. The van der Waals surface area contributed by atoms with Crippen LogP contribution in [0.3, 0.4) is 0 Å². The number of ether oxygens (including phenoxy) is 1. The Morgan fingerprint density at radius 3 is 2.75 bits per heavy atom. The van der Waals surface area contributed by atoms with Gasteiger partial charge in [0.15, 0.2) is 0 Å². The Kier molecular flexibility index (Phi) is 5.08. The van der Waals surface area contributed by atoms with Crippen molar-refractivity contribution in [1.29, 1.82) is 0 Å². The van der Waals surface area contributed by atoms with Crippen molar-refractivity contribution in [3.05, 3.63) is 15.6 Å². The number of nitrogens with zero attached hydrogens (tertiary/aromatic N) is 2. The lowest BCUT2D eigenvalue weighted by atomic mass is 10.2. The van der Waals surface area contributed by atoms with Gasteiger partial charge in [0.25, 0.3) is 0 Å². The summed E-state index contributed by atoms with van der Waals surface area (Å²) in [5.41, 5.74) is 0.834. The number of aromatic nitrogens is 1. The van der Waals surface area contributed by atoms with Crippen LogP contribution < -0.4 is 0 Å². The van der Waals surface area contributed by atoms with Crippen LogP contribution in [0.5, 0.6) is 0 Å². The molecule has 20 heavy (non-hydrogen) atoms. The number of aryl methyl sites for hydroxylation is 2. The van der Waals surface area contributed by atoms with Gasteiger partial charge >= 0.3 is 5.97 Å². The van der Waals surface area contributed by atoms with E-state index >= 15 is 0 Å². The number of carboxylic acids is 1. The number of rotatable bonds is 5. The first-order valence-corrected chi connectivity index (χ1v) is 7.40. The normalized spacial score (nSPS) is 15.3. The molecule has 2 rings (SSSR count). The molecule has 0 bridgehead atoms. The van der Waals surface area contributed by atoms with Gasteiger partial charge in [-0.25, -0.2) is 4.98 Å². The summed E-state index contributed by atoms with van der Waals surface area (Å²) in [4.78, 5) is 29.8. The highest BCUT2D eigenvalue weighted by Crippen LogP contribution is 2.20. The molecular formula is C13H18N2O4S. The lowest BCUT2D eigenvalue weighted by Gasteiger charge is -2.26. The fourth-order valence-corrected chi connectivity index (χ4v) is 3.13. The molecule has 0 unspecified atom stereocenters. The molecule has 7 heteroatoms. The van der Waals surface area contributed by atoms with Crippen molar-refractivity contribution >= 4 is 23.2 Å². The van der Waals surface area contributed by atoms with Crippen LogP contribution in [0.15, 0.2) is 0 Å². The number of hydrogen-bond donors (Lipinski definition) is 1. The first-order chi connectivity index (χ1) is 9.56. The largest absolute Gasteiger partial charge is 0.481 e. The highest BCUT2D eigenvalue weighted by Gasteiger charge is 2.19. The minimum absolute atomic E-state index is 0.0619. The first-order valence-electron chi connectivity index (χ1n) is 6.58. The highest BCUT2D eigenvalue weighted by atomic mass is 32.1. The van der Waals surface area contributed by atoms with Crippen molar-refractivity contribution in [3.8, 4) is 0 Å². The standard InChI is InChI=1S/C13H18N2O4S/c1-9-10(2-3-13(17)18)20-11(14-9)8-12(16)15-4-6-19-7-5-15/h2-8H2,1H3,(H,17,18). The molecular weight excluding hydrogens is 280 g/mol. The summed E-state index contributed by atoms with van der Waals surface area (Å²) >= 11 is 1.44. The Hall–Kier alpha value is -1.47. The summed E-state index contributed by atoms with van der Waals surface area (Å²) in [6.07, 6.45) is 0.864. The van der Waals surface area contributed by atoms with E-state index in [9.17, 15) is 9.59 Å². The molecule has 1 fully saturated rings. The second-order valence-electron chi connectivity index (χ2n) is 4.68. The van der Waals surface area contributed by atoms with Crippen LogP contribution in [-0.2, 0) is 27.2 Å². The van der Waals surface area contributed by atoms with Gasteiger partial charge in [0.2, 0.25) is 5.91 Å². The van der Waals surface area contributed by atoms with Crippen molar-refractivity contribution < 1.29 is 19.4 Å². The Labute approximate surface area is 121 Å². The van der Waals surface area contributed by atoms with E-state index in [-0.39, 0.29) is 12.3 Å². The van der Waals surface area contributed by atoms with E-state index in [0.29, 0.717) is 39.1 Å². The smallest absolute Gasteiger partial charge is 0.303 e. The molecule has 1 aromatic rings. The van der Waals surface area contributed by atoms with Crippen LogP contribution in [-0.4, -0.2) is 53.2 Å². The Balaban J connectivity index is 1.93. The van der Waals surface area contributed by atoms with Gasteiger partial charge in [-0.1, -0.05) is 0 Å². The van der Waals surface area contributed by atoms with Crippen molar-refractivity contribution in [2.24, 2.45) is 0 Å². The number of thiazole rings is 1. The number of carboxylic acid groups (broad SMARTS) is 1. The molecule has 2 heterocycles. The fraction of sp³-hybridized carbons (Fsp3) is 0.615. The molecule has 1 aromatic heterocycles. The summed E-state index contributed by atoms with van der Waals surface area (Å²) in [7, 11) is 0. The van der Waals surface area contributed by atoms with Gasteiger partial charge in [0, 0.05) is 18.0 Å². The van der Waals surface area contributed by atoms with Crippen LogP contribution >= 0.6 is 11.3 Å². The van der Waals surface area contributed by atoms with Crippen LogP contribution in [0.2, 0.25) is 0 Å². The van der Waals surface area contributed by atoms with Crippen LogP contribution in [0.1, 0.15) is 22.0 Å². The van der Waals surface area contributed by atoms with Crippen LogP contribution in [0, 0.1) is 6.92 Å². The van der Waals surface area contributed by atoms with E-state index in [0.717, 1.165) is 15.6 Å². The Bertz CT molecular complexity index is 495. The third-order valence-corrected chi connectivity index (χ3v) is 4.39. The van der Waals surface area contributed by atoms with Crippen LogP contribution in [0.4, 0.5) is 0 Å². The zero-order chi connectivity index (χ0) is 14.5. The molecule has 0 aromatic carbocycles. The number of morpholine rings is 1. The minimum Gasteiger partial charge on any atom is -0.481 e. The third kappa shape index (κ3) is 4.01. The zero-order valence-corrected chi connectivity index (χ0v) is 12.2. The predicted octanol–water partition coefficient (Wildman–Crippen LogP) is 0.870. The number of aliphatic carboxylic acids is 1.